The van der Waals surface area contributed by atoms with Crippen molar-refractivity contribution in [1.82, 2.24) is 0 Å². The summed E-state index contributed by atoms with van der Waals surface area (Å²) in [6.45, 7) is 0. The van der Waals surface area contributed by atoms with E-state index in [1.807, 2.05) is 6.07 Å². The first kappa shape index (κ1) is 14.6. The van der Waals surface area contributed by atoms with E-state index in [2.05, 4.69) is 15.9 Å². The molecular formula is C14H10BrCl2FO. The van der Waals surface area contributed by atoms with Gasteiger partial charge in [0.1, 0.15) is 11.6 Å². The van der Waals surface area contributed by atoms with Gasteiger partial charge in [0.2, 0.25) is 0 Å². The van der Waals surface area contributed by atoms with Gasteiger partial charge < -0.3 is 4.74 Å². The Hall–Kier alpha value is -0.770. The fourth-order valence-corrected chi connectivity index (χ4v) is 3.11. The summed E-state index contributed by atoms with van der Waals surface area (Å²) in [4.78, 5) is 0. The van der Waals surface area contributed by atoms with Crippen LogP contribution in [0.2, 0.25) is 5.02 Å². The van der Waals surface area contributed by atoms with E-state index in [-0.39, 0.29) is 5.02 Å². The van der Waals surface area contributed by atoms with Crippen LogP contribution in [-0.4, -0.2) is 7.11 Å². The van der Waals surface area contributed by atoms with Crippen molar-refractivity contribution in [3.63, 3.8) is 0 Å². The van der Waals surface area contributed by atoms with Crippen molar-refractivity contribution in [2.24, 2.45) is 0 Å². The number of ether oxygens (including phenoxy) is 1. The number of rotatable bonds is 3. The van der Waals surface area contributed by atoms with E-state index in [9.17, 15) is 4.39 Å². The maximum atomic E-state index is 13.5. The molecular weight excluding hydrogens is 354 g/mol. The average Bonchev–Trinajstić information content (AvgIpc) is 2.41. The highest BCUT2D eigenvalue weighted by atomic mass is 79.9. The molecule has 19 heavy (non-hydrogen) atoms. The molecule has 1 unspecified atom stereocenters. The highest BCUT2D eigenvalue weighted by Crippen LogP contribution is 2.39. The van der Waals surface area contributed by atoms with Crippen LogP contribution < -0.4 is 4.74 Å². The van der Waals surface area contributed by atoms with E-state index in [1.165, 1.54) is 6.07 Å². The monoisotopic (exact) mass is 362 g/mol. The standard InChI is InChI=1S/C14H10BrCl2FO/c1-19-8-5-6-9(11(15)7-8)13(16)10-3-2-4-12(18)14(10)17/h2-7,13H,1H3. The number of hydrogen-bond acceptors (Lipinski definition) is 1. The summed E-state index contributed by atoms with van der Waals surface area (Å²) in [5.41, 5.74) is 1.34. The topological polar surface area (TPSA) is 9.23 Å². The van der Waals surface area contributed by atoms with E-state index in [0.29, 0.717) is 11.3 Å². The molecule has 0 aromatic heterocycles. The predicted molar refractivity (Wildman–Crippen MR) is 79.8 cm³/mol. The molecule has 0 heterocycles. The Morgan fingerprint density at radius 1 is 1.21 bits per heavy atom. The maximum absolute atomic E-state index is 13.5. The molecule has 2 aromatic rings. The van der Waals surface area contributed by atoms with Crippen molar-refractivity contribution in [2.45, 2.75) is 5.38 Å². The minimum absolute atomic E-state index is 0.0465. The zero-order valence-electron chi connectivity index (χ0n) is 9.96. The molecule has 0 N–H and O–H groups in total. The maximum Gasteiger partial charge on any atom is 0.142 e. The van der Waals surface area contributed by atoms with Crippen LogP contribution in [0.4, 0.5) is 4.39 Å². The zero-order chi connectivity index (χ0) is 14.0. The fraction of sp³-hybridized carbons (Fsp3) is 0.143. The van der Waals surface area contributed by atoms with Gasteiger partial charge in [0.25, 0.3) is 0 Å². The van der Waals surface area contributed by atoms with Gasteiger partial charge in [-0.25, -0.2) is 4.39 Å². The van der Waals surface area contributed by atoms with Gasteiger partial charge in [-0.05, 0) is 29.3 Å². The lowest BCUT2D eigenvalue weighted by Crippen LogP contribution is -1.97. The van der Waals surface area contributed by atoms with Gasteiger partial charge >= 0.3 is 0 Å². The number of alkyl halides is 1. The van der Waals surface area contributed by atoms with Crippen molar-refractivity contribution in [1.29, 1.82) is 0 Å². The molecule has 1 nitrogen and oxygen atoms in total. The molecule has 5 heteroatoms. The van der Waals surface area contributed by atoms with Crippen LogP contribution in [0.5, 0.6) is 5.75 Å². The number of hydrogen-bond donors (Lipinski definition) is 0. The third-order valence-electron chi connectivity index (χ3n) is 2.74. The van der Waals surface area contributed by atoms with Crippen molar-refractivity contribution >= 4 is 39.1 Å². The lowest BCUT2D eigenvalue weighted by molar-refractivity contribution is 0.414. The number of halogens is 4. The van der Waals surface area contributed by atoms with E-state index < -0.39 is 11.2 Å². The molecule has 100 valence electrons. The largest absolute Gasteiger partial charge is 0.497 e. The van der Waals surface area contributed by atoms with E-state index in [0.717, 1.165) is 10.0 Å². The van der Waals surface area contributed by atoms with Crippen LogP contribution in [0.15, 0.2) is 40.9 Å². The van der Waals surface area contributed by atoms with E-state index >= 15 is 0 Å². The van der Waals surface area contributed by atoms with Crippen LogP contribution in [0, 0.1) is 5.82 Å². The van der Waals surface area contributed by atoms with Gasteiger partial charge in [0, 0.05) is 4.47 Å². The van der Waals surface area contributed by atoms with Crippen LogP contribution >= 0.6 is 39.1 Å². The molecule has 0 amide bonds. The summed E-state index contributed by atoms with van der Waals surface area (Å²) in [6, 6.07) is 10.0. The molecule has 0 aliphatic carbocycles. The number of benzene rings is 2. The SMILES string of the molecule is COc1ccc(C(Cl)c2cccc(F)c2Cl)c(Br)c1. The van der Waals surface area contributed by atoms with Gasteiger partial charge in [-0.3, -0.25) is 0 Å². The zero-order valence-corrected chi connectivity index (χ0v) is 13.1. The second kappa shape index (κ2) is 6.12. The fourth-order valence-electron chi connectivity index (χ4n) is 1.72. The Bertz CT molecular complexity index is 604. The highest BCUT2D eigenvalue weighted by Gasteiger charge is 2.19. The van der Waals surface area contributed by atoms with Crippen molar-refractivity contribution in [3.8, 4) is 5.75 Å². The second-order valence-corrected chi connectivity index (χ2v) is 5.56. The first-order valence-electron chi connectivity index (χ1n) is 5.46. The summed E-state index contributed by atoms with van der Waals surface area (Å²) < 4.78 is 19.4. The van der Waals surface area contributed by atoms with Crippen LogP contribution in [0.3, 0.4) is 0 Å². The molecule has 0 spiro atoms. The summed E-state index contributed by atoms with van der Waals surface area (Å²) in [7, 11) is 1.59. The van der Waals surface area contributed by atoms with Gasteiger partial charge in [0.05, 0.1) is 17.5 Å². The van der Waals surface area contributed by atoms with Gasteiger partial charge in [-0.1, -0.05) is 45.7 Å². The van der Waals surface area contributed by atoms with E-state index in [1.54, 1.807) is 31.4 Å². The summed E-state index contributed by atoms with van der Waals surface area (Å²) in [5.74, 6) is 0.235. The minimum atomic E-state index is -0.538. The van der Waals surface area contributed by atoms with E-state index in [4.69, 9.17) is 27.9 Å². The Morgan fingerprint density at radius 3 is 2.58 bits per heavy atom. The molecule has 0 bridgehead atoms. The molecule has 1 atom stereocenters. The lowest BCUT2D eigenvalue weighted by atomic mass is 10.0. The lowest BCUT2D eigenvalue weighted by Gasteiger charge is -2.15. The van der Waals surface area contributed by atoms with Gasteiger partial charge in [-0.2, -0.15) is 0 Å². The molecule has 0 fully saturated rings. The van der Waals surface area contributed by atoms with Gasteiger partial charge in [0.15, 0.2) is 0 Å². The minimum Gasteiger partial charge on any atom is -0.497 e. The Kier molecular flexibility index (Phi) is 4.71. The molecule has 0 saturated heterocycles. The first-order chi connectivity index (χ1) is 9.04. The third-order valence-corrected chi connectivity index (χ3v) is 4.29. The molecule has 2 rings (SSSR count). The second-order valence-electron chi connectivity index (χ2n) is 3.89. The van der Waals surface area contributed by atoms with Gasteiger partial charge in [-0.15, -0.1) is 11.6 Å². The van der Waals surface area contributed by atoms with Crippen LogP contribution in [0.1, 0.15) is 16.5 Å². The molecule has 2 aromatic carbocycles. The first-order valence-corrected chi connectivity index (χ1v) is 7.06. The molecule has 0 aliphatic rings. The highest BCUT2D eigenvalue weighted by molar-refractivity contribution is 9.10. The van der Waals surface area contributed by atoms with Crippen LogP contribution in [0.25, 0.3) is 0 Å². The third kappa shape index (κ3) is 3.04. The van der Waals surface area contributed by atoms with Crippen LogP contribution in [-0.2, 0) is 0 Å². The summed E-state index contributed by atoms with van der Waals surface area (Å²) in [6.07, 6.45) is 0. The predicted octanol–water partition coefficient (Wildman–Crippen LogP) is 5.58. The van der Waals surface area contributed by atoms with Crippen molar-refractivity contribution < 1.29 is 9.13 Å². The van der Waals surface area contributed by atoms with Crippen molar-refractivity contribution in [3.05, 3.63) is 62.8 Å². The Balaban J connectivity index is 2.44. The molecule has 0 aliphatic heterocycles. The Morgan fingerprint density at radius 2 is 1.95 bits per heavy atom. The average molecular weight is 364 g/mol. The molecule has 0 saturated carbocycles. The van der Waals surface area contributed by atoms with Crippen molar-refractivity contribution in [2.75, 3.05) is 7.11 Å². The quantitative estimate of drug-likeness (QED) is 0.647. The summed E-state index contributed by atoms with van der Waals surface area (Å²) >= 11 is 15.8. The summed E-state index contributed by atoms with van der Waals surface area (Å²) in [5, 5.41) is -0.492. The number of methoxy groups -OCH3 is 1. The smallest absolute Gasteiger partial charge is 0.142 e. The Labute approximate surface area is 129 Å². The normalized spacial score (nSPS) is 12.3. The molecule has 0 radical (unpaired) electrons.